The molecule has 1 aromatic carbocycles. The molecule has 0 aromatic heterocycles. The number of nitrogens with one attached hydrogen (secondary N) is 1. The molecule has 1 atom stereocenters. The van der Waals surface area contributed by atoms with Crippen LogP contribution in [0.3, 0.4) is 0 Å². The molecular formula is C15H20BrNO2. The fraction of sp³-hybridized carbons (Fsp3) is 0.400. The molecule has 0 saturated heterocycles. The van der Waals surface area contributed by atoms with E-state index in [1.54, 1.807) is 6.08 Å². The Morgan fingerprint density at radius 3 is 2.53 bits per heavy atom. The Labute approximate surface area is 122 Å². The third-order valence-electron chi connectivity index (χ3n) is 2.87. The first-order chi connectivity index (χ1) is 9.02. The van der Waals surface area contributed by atoms with Gasteiger partial charge in [-0.2, -0.15) is 0 Å². The number of rotatable bonds is 6. The lowest BCUT2D eigenvalue weighted by Crippen LogP contribution is -2.38. The number of aliphatic hydroxyl groups excluding tert-OH is 1. The summed E-state index contributed by atoms with van der Waals surface area (Å²) in [6.45, 7) is 4.14. The summed E-state index contributed by atoms with van der Waals surface area (Å²) in [5, 5.41) is 11.9. The lowest BCUT2D eigenvalue weighted by atomic mass is 10.0. The molecule has 0 heterocycles. The van der Waals surface area contributed by atoms with E-state index in [4.69, 9.17) is 5.11 Å². The molecule has 1 aromatic rings. The Morgan fingerprint density at radius 1 is 1.37 bits per heavy atom. The number of halogens is 1. The van der Waals surface area contributed by atoms with Crippen LogP contribution >= 0.6 is 15.9 Å². The third-order valence-corrected chi connectivity index (χ3v) is 3.40. The SMILES string of the molecule is CC(C)C(CCO)NC(=O)/C=C/c1ccc(Br)cc1. The zero-order valence-electron chi connectivity index (χ0n) is 11.3. The van der Waals surface area contributed by atoms with E-state index in [1.807, 2.05) is 38.1 Å². The molecule has 1 unspecified atom stereocenters. The van der Waals surface area contributed by atoms with E-state index in [-0.39, 0.29) is 18.6 Å². The van der Waals surface area contributed by atoms with Crippen molar-refractivity contribution in [1.29, 1.82) is 0 Å². The van der Waals surface area contributed by atoms with Gasteiger partial charge in [0.1, 0.15) is 0 Å². The average Bonchev–Trinajstić information content (AvgIpc) is 2.37. The number of hydrogen-bond donors (Lipinski definition) is 2. The summed E-state index contributed by atoms with van der Waals surface area (Å²) >= 11 is 3.36. The molecule has 2 N–H and O–H groups in total. The van der Waals surface area contributed by atoms with Gasteiger partial charge in [0.05, 0.1) is 0 Å². The number of hydrogen-bond acceptors (Lipinski definition) is 2. The second-order valence-electron chi connectivity index (χ2n) is 4.76. The fourth-order valence-electron chi connectivity index (χ4n) is 1.69. The first-order valence-electron chi connectivity index (χ1n) is 6.38. The van der Waals surface area contributed by atoms with E-state index < -0.39 is 0 Å². The summed E-state index contributed by atoms with van der Waals surface area (Å²) in [4.78, 5) is 11.8. The standard InChI is InChI=1S/C15H20BrNO2/c1-11(2)14(9-10-18)17-15(19)8-5-12-3-6-13(16)7-4-12/h3-8,11,14,18H,9-10H2,1-2H3,(H,17,19)/b8-5+. The van der Waals surface area contributed by atoms with E-state index in [9.17, 15) is 4.79 Å². The number of carbonyl (C=O) groups excluding carboxylic acids is 1. The molecule has 0 saturated carbocycles. The van der Waals surface area contributed by atoms with Crippen LogP contribution in [0.25, 0.3) is 6.08 Å². The van der Waals surface area contributed by atoms with E-state index in [2.05, 4.69) is 21.2 Å². The van der Waals surface area contributed by atoms with Crippen LogP contribution < -0.4 is 5.32 Å². The van der Waals surface area contributed by atoms with E-state index in [0.717, 1.165) is 10.0 Å². The van der Waals surface area contributed by atoms with Gasteiger partial charge in [0.25, 0.3) is 0 Å². The van der Waals surface area contributed by atoms with Crippen molar-refractivity contribution < 1.29 is 9.90 Å². The first-order valence-corrected chi connectivity index (χ1v) is 7.17. The monoisotopic (exact) mass is 325 g/mol. The minimum atomic E-state index is -0.130. The smallest absolute Gasteiger partial charge is 0.244 e. The van der Waals surface area contributed by atoms with Crippen molar-refractivity contribution in [2.24, 2.45) is 5.92 Å². The van der Waals surface area contributed by atoms with Crippen molar-refractivity contribution in [2.75, 3.05) is 6.61 Å². The Morgan fingerprint density at radius 2 is 2.00 bits per heavy atom. The molecule has 0 spiro atoms. The summed E-state index contributed by atoms with van der Waals surface area (Å²) in [6.07, 6.45) is 3.88. The molecule has 4 heteroatoms. The van der Waals surface area contributed by atoms with E-state index >= 15 is 0 Å². The van der Waals surface area contributed by atoms with Gasteiger partial charge in [0.2, 0.25) is 5.91 Å². The normalized spacial score (nSPS) is 12.9. The molecule has 3 nitrogen and oxygen atoms in total. The van der Waals surface area contributed by atoms with Crippen LogP contribution in [0.2, 0.25) is 0 Å². The van der Waals surface area contributed by atoms with Gasteiger partial charge < -0.3 is 10.4 Å². The van der Waals surface area contributed by atoms with E-state index in [0.29, 0.717) is 12.3 Å². The number of aliphatic hydroxyl groups is 1. The van der Waals surface area contributed by atoms with Gasteiger partial charge in [-0.3, -0.25) is 4.79 Å². The van der Waals surface area contributed by atoms with Gasteiger partial charge in [-0.15, -0.1) is 0 Å². The maximum absolute atomic E-state index is 11.8. The van der Waals surface area contributed by atoms with Crippen molar-refractivity contribution in [3.05, 3.63) is 40.4 Å². The van der Waals surface area contributed by atoms with Crippen LogP contribution in [0, 0.1) is 5.92 Å². The molecule has 19 heavy (non-hydrogen) atoms. The van der Waals surface area contributed by atoms with Gasteiger partial charge in [0.15, 0.2) is 0 Å². The summed E-state index contributed by atoms with van der Waals surface area (Å²) in [5.74, 6) is 0.173. The average molecular weight is 326 g/mol. The zero-order chi connectivity index (χ0) is 14.3. The van der Waals surface area contributed by atoms with Crippen LogP contribution in [-0.4, -0.2) is 23.7 Å². The number of benzene rings is 1. The highest BCUT2D eigenvalue weighted by Gasteiger charge is 2.13. The van der Waals surface area contributed by atoms with Crippen molar-refractivity contribution in [3.8, 4) is 0 Å². The Hall–Kier alpha value is -1.13. The molecule has 104 valence electrons. The highest BCUT2D eigenvalue weighted by atomic mass is 79.9. The molecule has 0 bridgehead atoms. The van der Waals surface area contributed by atoms with Crippen LogP contribution in [0.1, 0.15) is 25.8 Å². The molecule has 0 aliphatic rings. The minimum absolute atomic E-state index is 0.00654. The highest BCUT2D eigenvalue weighted by molar-refractivity contribution is 9.10. The van der Waals surface area contributed by atoms with Crippen LogP contribution in [0.5, 0.6) is 0 Å². The van der Waals surface area contributed by atoms with Gasteiger partial charge in [0, 0.05) is 23.2 Å². The van der Waals surface area contributed by atoms with Crippen LogP contribution in [0.4, 0.5) is 0 Å². The molecule has 1 amide bonds. The Kier molecular flexibility index (Phi) is 6.81. The van der Waals surface area contributed by atoms with Gasteiger partial charge in [-0.1, -0.05) is 41.9 Å². The lowest BCUT2D eigenvalue weighted by Gasteiger charge is -2.20. The summed E-state index contributed by atoms with van der Waals surface area (Å²) in [7, 11) is 0. The maximum atomic E-state index is 11.8. The van der Waals surface area contributed by atoms with Gasteiger partial charge in [-0.05, 0) is 36.1 Å². The fourth-order valence-corrected chi connectivity index (χ4v) is 1.95. The van der Waals surface area contributed by atoms with Crippen molar-refractivity contribution >= 4 is 27.9 Å². The number of carbonyl (C=O) groups is 1. The largest absolute Gasteiger partial charge is 0.396 e. The molecule has 0 aliphatic carbocycles. The van der Waals surface area contributed by atoms with Crippen molar-refractivity contribution in [2.45, 2.75) is 26.3 Å². The quantitative estimate of drug-likeness (QED) is 0.790. The number of amides is 1. The molecule has 0 radical (unpaired) electrons. The molecular weight excluding hydrogens is 306 g/mol. The van der Waals surface area contributed by atoms with Crippen molar-refractivity contribution in [1.82, 2.24) is 5.32 Å². The van der Waals surface area contributed by atoms with E-state index in [1.165, 1.54) is 6.08 Å². The predicted octanol–water partition coefficient (Wildman–Crippen LogP) is 2.99. The summed E-state index contributed by atoms with van der Waals surface area (Å²) in [6, 6.07) is 7.73. The Balaban J connectivity index is 2.56. The second kappa shape index (κ2) is 8.12. The highest BCUT2D eigenvalue weighted by Crippen LogP contribution is 2.11. The summed E-state index contributed by atoms with van der Waals surface area (Å²) < 4.78 is 1.01. The zero-order valence-corrected chi connectivity index (χ0v) is 12.9. The van der Waals surface area contributed by atoms with Gasteiger partial charge >= 0.3 is 0 Å². The molecule has 0 fully saturated rings. The second-order valence-corrected chi connectivity index (χ2v) is 5.67. The predicted molar refractivity (Wildman–Crippen MR) is 81.6 cm³/mol. The third kappa shape index (κ3) is 6.03. The first kappa shape index (κ1) is 15.9. The minimum Gasteiger partial charge on any atom is -0.396 e. The summed E-state index contributed by atoms with van der Waals surface area (Å²) in [5.41, 5.74) is 0.974. The van der Waals surface area contributed by atoms with Gasteiger partial charge in [-0.25, -0.2) is 0 Å². The topological polar surface area (TPSA) is 49.3 Å². The van der Waals surface area contributed by atoms with Crippen LogP contribution in [0.15, 0.2) is 34.8 Å². The molecule has 0 aliphatic heterocycles. The lowest BCUT2D eigenvalue weighted by molar-refractivity contribution is -0.117. The molecule has 1 rings (SSSR count). The van der Waals surface area contributed by atoms with Crippen LogP contribution in [-0.2, 0) is 4.79 Å². The Bertz CT molecular complexity index is 426. The van der Waals surface area contributed by atoms with Crippen molar-refractivity contribution in [3.63, 3.8) is 0 Å². The maximum Gasteiger partial charge on any atom is 0.244 e.